The van der Waals surface area contributed by atoms with Crippen LogP contribution in [0.4, 0.5) is 5.82 Å². The topological polar surface area (TPSA) is 93.6 Å². The van der Waals surface area contributed by atoms with Crippen molar-refractivity contribution in [2.45, 2.75) is 45.8 Å². The minimum absolute atomic E-state index is 0.188. The van der Waals surface area contributed by atoms with Gasteiger partial charge in [0.05, 0.1) is 0 Å². The van der Waals surface area contributed by atoms with E-state index in [9.17, 15) is 0 Å². The first-order valence-electron chi connectivity index (χ1n) is 12.1. The minimum Gasteiger partial charge on any atom is -0.402 e. The Morgan fingerprint density at radius 2 is 1.86 bits per heavy atom. The molecule has 1 aromatic carbocycles. The summed E-state index contributed by atoms with van der Waals surface area (Å²) >= 11 is 6.03. The second kappa shape index (κ2) is 11.1. The second-order valence-electron chi connectivity index (χ2n) is 9.59. The summed E-state index contributed by atoms with van der Waals surface area (Å²) in [6.45, 7) is 12.5. The molecule has 36 heavy (non-hydrogen) atoms. The Morgan fingerprint density at radius 1 is 1.17 bits per heavy atom. The lowest BCUT2D eigenvalue weighted by Crippen LogP contribution is -2.68. The number of nitrogens with two attached hydrogens (primary N) is 1. The van der Waals surface area contributed by atoms with Crippen molar-refractivity contribution in [2.24, 2.45) is 10.7 Å². The van der Waals surface area contributed by atoms with Crippen LogP contribution in [-0.4, -0.2) is 46.6 Å². The summed E-state index contributed by atoms with van der Waals surface area (Å²) in [5, 5.41) is 11.5. The van der Waals surface area contributed by atoms with E-state index in [1.165, 1.54) is 12.0 Å². The summed E-state index contributed by atoms with van der Waals surface area (Å²) in [7, 11) is 0. The first-order chi connectivity index (χ1) is 17.2. The lowest BCUT2D eigenvalue weighted by Gasteiger charge is -2.56. The lowest BCUT2D eigenvalue weighted by atomic mass is 9.86. The van der Waals surface area contributed by atoms with Crippen LogP contribution in [-0.2, 0) is 6.54 Å². The summed E-state index contributed by atoms with van der Waals surface area (Å²) in [6, 6.07) is 13.5. The molecule has 0 spiro atoms. The Labute approximate surface area is 218 Å². The van der Waals surface area contributed by atoms with E-state index in [4.69, 9.17) is 27.7 Å². The lowest BCUT2D eigenvalue weighted by molar-refractivity contribution is -0.00868. The molecule has 4 N–H and O–H groups in total. The van der Waals surface area contributed by atoms with Crippen molar-refractivity contribution in [1.82, 2.24) is 15.2 Å². The van der Waals surface area contributed by atoms with Crippen LogP contribution in [0.1, 0.15) is 38.3 Å². The van der Waals surface area contributed by atoms with Crippen LogP contribution in [0.3, 0.4) is 0 Å². The Hall–Kier alpha value is -3.42. The number of piperidine rings is 1. The quantitative estimate of drug-likeness (QED) is 0.272. The highest BCUT2D eigenvalue weighted by molar-refractivity contribution is 6.30. The Bertz CT molecular complexity index is 1200. The maximum Gasteiger partial charge on any atom is 0.128 e. The number of amidine groups is 1. The van der Waals surface area contributed by atoms with E-state index in [2.05, 4.69) is 51.0 Å². The van der Waals surface area contributed by atoms with Crippen LogP contribution in [0, 0.1) is 5.41 Å². The predicted molar refractivity (Wildman–Crippen MR) is 150 cm³/mol. The molecule has 0 radical (unpaired) electrons. The molecule has 2 unspecified atom stereocenters. The molecule has 3 saturated heterocycles. The standard InChI is InChI=1S/C28H34ClN7/c1-18(30)11-27(31)34-20(3)12-19(2)33-21(4)23-7-10-28(32-14-23)35-16-25-13-26(17-35)36(25)15-22-5-8-24(29)9-6-22/h5-12,14,25-26H,3,13,15-17,30H2,1-2,4H3,(H2,31,34)/b18-11-,19-12-,33-21+. The van der Waals surface area contributed by atoms with Crippen molar-refractivity contribution >= 4 is 29.0 Å². The average molecular weight is 504 g/mol. The molecule has 0 amide bonds. The highest BCUT2D eigenvalue weighted by Gasteiger charge is 2.44. The molecule has 3 aliphatic rings. The molecular weight excluding hydrogens is 470 g/mol. The average Bonchev–Trinajstić information content (AvgIpc) is 2.82. The van der Waals surface area contributed by atoms with Crippen molar-refractivity contribution in [3.05, 3.63) is 94.6 Å². The Kier molecular flexibility index (Phi) is 7.91. The van der Waals surface area contributed by atoms with Gasteiger partial charge in [0.1, 0.15) is 11.7 Å². The van der Waals surface area contributed by atoms with Crippen molar-refractivity contribution in [3.8, 4) is 0 Å². The molecule has 7 nitrogen and oxygen atoms in total. The number of aromatic nitrogens is 1. The van der Waals surface area contributed by atoms with Crippen LogP contribution in [0.25, 0.3) is 0 Å². The van der Waals surface area contributed by atoms with Crippen molar-refractivity contribution in [3.63, 3.8) is 0 Å². The van der Waals surface area contributed by atoms with Gasteiger partial charge in [0, 0.05) is 71.3 Å². The van der Waals surface area contributed by atoms with Gasteiger partial charge in [0.25, 0.3) is 0 Å². The molecule has 188 valence electrons. The molecule has 3 aliphatic heterocycles. The highest BCUT2D eigenvalue weighted by Crippen LogP contribution is 2.35. The number of fused-ring (bicyclic) bond motifs is 2. The van der Waals surface area contributed by atoms with E-state index in [0.717, 1.165) is 47.4 Å². The van der Waals surface area contributed by atoms with E-state index in [1.54, 1.807) is 19.1 Å². The molecule has 3 fully saturated rings. The van der Waals surface area contributed by atoms with Crippen molar-refractivity contribution in [2.75, 3.05) is 18.0 Å². The molecule has 8 heteroatoms. The number of hydrogen-bond donors (Lipinski definition) is 3. The molecule has 0 aliphatic carbocycles. The fourth-order valence-corrected chi connectivity index (χ4v) is 4.93. The number of nitrogens with one attached hydrogen (secondary N) is 2. The van der Waals surface area contributed by atoms with Crippen LogP contribution in [0.5, 0.6) is 0 Å². The van der Waals surface area contributed by atoms with Crippen LogP contribution in [0.2, 0.25) is 5.02 Å². The molecule has 1 aromatic heterocycles. The predicted octanol–water partition coefficient (Wildman–Crippen LogP) is 4.85. The third kappa shape index (κ3) is 6.42. The molecule has 2 aromatic rings. The summed E-state index contributed by atoms with van der Waals surface area (Å²) < 4.78 is 0. The number of rotatable bonds is 8. The van der Waals surface area contributed by atoms with Gasteiger partial charge in [-0.1, -0.05) is 30.3 Å². The number of hydrogen-bond acceptors (Lipinski definition) is 6. The fourth-order valence-electron chi connectivity index (χ4n) is 4.81. The molecule has 0 saturated carbocycles. The first kappa shape index (κ1) is 25.7. The SMILES string of the molecule is C=C(/C=C(C)\N=C(/C)c1ccc(N2CC3CC(C2)N3Cc2ccc(Cl)cc2)nc1)NC(=N)/C=C(/C)N. The molecule has 2 atom stereocenters. The second-order valence-corrected chi connectivity index (χ2v) is 10.0. The molecule has 2 bridgehead atoms. The van der Waals surface area contributed by atoms with Gasteiger partial charge in [0.2, 0.25) is 0 Å². The smallest absolute Gasteiger partial charge is 0.128 e. The number of allylic oxidation sites excluding steroid dienone is 3. The minimum atomic E-state index is 0.188. The highest BCUT2D eigenvalue weighted by atomic mass is 35.5. The Morgan fingerprint density at radius 3 is 2.47 bits per heavy atom. The number of pyridine rings is 1. The van der Waals surface area contributed by atoms with Gasteiger partial charge in [-0.25, -0.2) is 4.98 Å². The van der Waals surface area contributed by atoms with Gasteiger partial charge in [-0.2, -0.15) is 0 Å². The maximum atomic E-state index is 7.85. The zero-order valence-electron chi connectivity index (χ0n) is 21.1. The van der Waals surface area contributed by atoms with Crippen LogP contribution >= 0.6 is 11.6 Å². The zero-order valence-corrected chi connectivity index (χ0v) is 21.9. The molecule has 4 heterocycles. The van der Waals surface area contributed by atoms with Crippen molar-refractivity contribution < 1.29 is 0 Å². The third-order valence-corrected chi connectivity index (χ3v) is 6.76. The van der Waals surface area contributed by atoms with Crippen LogP contribution in [0.15, 0.2) is 83.4 Å². The van der Waals surface area contributed by atoms with Crippen molar-refractivity contribution in [1.29, 1.82) is 5.41 Å². The number of nitrogens with zero attached hydrogens (tertiary/aromatic N) is 4. The monoisotopic (exact) mass is 503 g/mol. The van der Waals surface area contributed by atoms with Gasteiger partial charge in [-0.3, -0.25) is 15.3 Å². The van der Waals surface area contributed by atoms with Gasteiger partial charge in [-0.15, -0.1) is 0 Å². The van der Waals surface area contributed by atoms with E-state index >= 15 is 0 Å². The largest absolute Gasteiger partial charge is 0.402 e. The van der Waals surface area contributed by atoms with E-state index in [-0.39, 0.29) is 5.84 Å². The van der Waals surface area contributed by atoms with E-state index in [0.29, 0.717) is 23.5 Å². The molecule has 5 rings (SSSR count). The summed E-state index contributed by atoms with van der Waals surface area (Å²) in [4.78, 5) is 14.4. The summed E-state index contributed by atoms with van der Waals surface area (Å²) in [5.74, 6) is 1.20. The first-order valence-corrected chi connectivity index (χ1v) is 12.5. The van der Waals surface area contributed by atoms with E-state index in [1.807, 2.05) is 32.2 Å². The molecular formula is C28H34ClN7. The number of halogens is 1. The zero-order chi connectivity index (χ0) is 25.8. The normalized spacial score (nSPS) is 20.7. The van der Waals surface area contributed by atoms with Gasteiger partial charge < -0.3 is 16.0 Å². The number of piperazine rings is 1. The fraction of sp³-hybridized carbons (Fsp3) is 0.321. The summed E-state index contributed by atoms with van der Waals surface area (Å²) in [5.41, 5.74) is 10.7. The number of benzene rings is 1. The van der Waals surface area contributed by atoms with Gasteiger partial charge in [0.15, 0.2) is 0 Å². The van der Waals surface area contributed by atoms with Gasteiger partial charge >= 0.3 is 0 Å². The van der Waals surface area contributed by atoms with Gasteiger partial charge in [-0.05, 0) is 69.2 Å². The third-order valence-electron chi connectivity index (χ3n) is 6.51. The Balaban J connectivity index is 1.33. The number of aliphatic imine (C=N–C) groups is 1. The van der Waals surface area contributed by atoms with Crippen LogP contribution < -0.4 is 16.0 Å². The number of anilines is 1. The summed E-state index contributed by atoms with van der Waals surface area (Å²) in [6.07, 6.45) is 6.49. The van der Waals surface area contributed by atoms with E-state index < -0.39 is 0 Å². The maximum absolute atomic E-state index is 7.85.